The molecule has 1 aliphatic heterocycles. The fourth-order valence-corrected chi connectivity index (χ4v) is 7.07. The number of hydrogen-bond donors (Lipinski definition) is 1. The van der Waals surface area contributed by atoms with E-state index in [-0.39, 0.29) is 23.7 Å². The van der Waals surface area contributed by atoms with Gasteiger partial charge in [-0.2, -0.15) is 0 Å². The molecule has 40 heavy (non-hydrogen) atoms. The van der Waals surface area contributed by atoms with Gasteiger partial charge in [0.15, 0.2) is 6.61 Å². The number of nitrogens with one attached hydrogen (secondary N) is 1. The molecule has 2 bridgehead atoms. The average molecular weight is 622 g/mol. The molecule has 1 saturated heterocycles. The molecular formula is C31H26BrClN2O5. The number of halogens is 2. The van der Waals surface area contributed by atoms with Crippen molar-refractivity contribution < 1.29 is 23.9 Å². The predicted octanol–water partition coefficient (Wildman–Crippen LogP) is 5.50. The van der Waals surface area contributed by atoms with Crippen molar-refractivity contribution in [3.8, 4) is 0 Å². The summed E-state index contributed by atoms with van der Waals surface area (Å²) >= 11 is 9.38. The van der Waals surface area contributed by atoms with Crippen molar-refractivity contribution in [1.29, 1.82) is 0 Å². The van der Waals surface area contributed by atoms with Crippen LogP contribution in [0.1, 0.15) is 47.9 Å². The van der Waals surface area contributed by atoms with E-state index in [4.69, 9.17) is 16.3 Å². The molecule has 0 unspecified atom stereocenters. The van der Waals surface area contributed by atoms with Crippen molar-refractivity contribution in [2.45, 2.75) is 31.7 Å². The molecular weight excluding hydrogens is 596 g/mol. The smallest absolute Gasteiger partial charge is 0.330 e. The minimum absolute atomic E-state index is 0.267. The fourth-order valence-electron chi connectivity index (χ4n) is 6.64. The van der Waals surface area contributed by atoms with Gasteiger partial charge in [0.2, 0.25) is 11.8 Å². The molecule has 0 saturated carbocycles. The molecule has 7 nitrogen and oxygen atoms in total. The molecule has 204 valence electrons. The van der Waals surface area contributed by atoms with E-state index in [0.717, 1.165) is 27.2 Å². The molecule has 1 fully saturated rings. The number of benzene rings is 3. The number of anilines is 1. The molecule has 1 heterocycles. The van der Waals surface area contributed by atoms with Crippen LogP contribution in [0.4, 0.5) is 5.69 Å². The van der Waals surface area contributed by atoms with Gasteiger partial charge in [0.1, 0.15) is 6.04 Å². The Kier molecular flexibility index (Phi) is 6.79. The molecule has 4 aliphatic rings. The molecule has 3 aromatic carbocycles. The maximum absolute atomic E-state index is 14.1. The molecule has 9 heteroatoms. The third-order valence-electron chi connectivity index (χ3n) is 8.18. The number of rotatable bonds is 6. The van der Waals surface area contributed by atoms with Crippen LogP contribution in [-0.2, 0) is 23.9 Å². The van der Waals surface area contributed by atoms with Gasteiger partial charge < -0.3 is 10.1 Å². The van der Waals surface area contributed by atoms with Crippen LogP contribution in [0.2, 0.25) is 5.02 Å². The first-order valence-corrected chi connectivity index (χ1v) is 14.3. The Bertz CT molecular complexity index is 1460. The molecule has 1 N–H and O–H groups in total. The summed E-state index contributed by atoms with van der Waals surface area (Å²) in [5, 5.41) is 3.05. The van der Waals surface area contributed by atoms with Crippen molar-refractivity contribution in [1.82, 2.24) is 4.90 Å². The highest BCUT2D eigenvalue weighted by Gasteiger charge is 2.63. The second-order valence-corrected chi connectivity index (χ2v) is 12.0. The Morgan fingerprint density at radius 1 is 0.900 bits per heavy atom. The van der Waals surface area contributed by atoms with Gasteiger partial charge in [0.25, 0.3) is 5.91 Å². The summed E-state index contributed by atoms with van der Waals surface area (Å²) in [5.41, 5.74) is 4.68. The number of carbonyl (C=O) groups is 4. The van der Waals surface area contributed by atoms with Crippen LogP contribution >= 0.6 is 27.5 Å². The third-order valence-corrected chi connectivity index (χ3v) is 9.42. The first-order valence-electron chi connectivity index (χ1n) is 13.1. The zero-order chi connectivity index (χ0) is 28.3. The lowest BCUT2D eigenvalue weighted by molar-refractivity contribution is -0.162. The zero-order valence-corrected chi connectivity index (χ0v) is 24.1. The van der Waals surface area contributed by atoms with Gasteiger partial charge in [-0.25, -0.2) is 4.79 Å². The van der Waals surface area contributed by atoms with Crippen molar-refractivity contribution in [2.75, 3.05) is 11.9 Å². The van der Waals surface area contributed by atoms with Gasteiger partial charge in [0.05, 0.1) is 16.9 Å². The van der Waals surface area contributed by atoms with Gasteiger partial charge in [-0.1, -0.05) is 74.0 Å². The maximum atomic E-state index is 14.1. The minimum atomic E-state index is -1.15. The summed E-state index contributed by atoms with van der Waals surface area (Å²) in [5.74, 6) is -4.22. The summed E-state index contributed by atoms with van der Waals surface area (Å²) in [7, 11) is 0. The van der Waals surface area contributed by atoms with Crippen LogP contribution in [0.5, 0.6) is 0 Å². The van der Waals surface area contributed by atoms with Crippen molar-refractivity contribution in [3.05, 3.63) is 98.5 Å². The molecule has 0 radical (unpaired) electrons. The molecule has 0 aromatic heterocycles. The second kappa shape index (κ2) is 10.2. The summed E-state index contributed by atoms with van der Waals surface area (Å²) < 4.78 is 6.05. The number of imide groups is 1. The summed E-state index contributed by atoms with van der Waals surface area (Å²) in [4.78, 5) is 55.1. The van der Waals surface area contributed by atoms with Gasteiger partial charge in [-0.15, -0.1) is 0 Å². The maximum Gasteiger partial charge on any atom is 0.330 e. The lowest BCUT2D eigenvalue weighted by Crippen LogP contribution is -2.49. The first kappa shape index (κ1) is 26.7. The number of likely N-dealkylation sites (tertiary alicyclic amines) is 1. The molecule has 0 spiro atoms. The topological polar surface area (TPSA) is 92.8 Å². The number of carbonyl (C=O) groups excluding carboxylic acids is 4. The van der Waals surface area contributed by atoms with Crippen LogP contribution in [0.15, 0.2) is 71.2 Å². The van der Waals surface area contributed by atoms with E-state index in [1.165, 1.54) is 0 Å². The van der Waals surface area contributed by atoms with Gasteiger partial charge >= 0.3 is 5.97 Å². The average Bonchev–Trinajstić information content (AvgIpc) is 3.20. The summed E-state index contributed by atoms with van der Waals surface area (Å²) in [6, 6.07) is 19.7. The van der Waals surface area contributed by atoms with Gasteiger partial charge in [0, 0.05) is 22.0 Å². The molecule has 3 atom stereocenters. The monoisotopic (exact) mass is 620 g/mol. The number of hydrogen-bond acceptors (Lipinski definition) is 5. The number of amides is 3. The number of esters is 1. The Hall–Kier alpha value is -3.49. The SMILES string of the molecule is CC(C)[C@@H](C(=O)OCC(=O)Nc1ccc(Br)c(Cl)c1)N1C(=O)[C@@H]2C3c4ccccc4C(c4ccccc43)[C@@H]2C1=O. The lowest BCUT2D eigenvalue weighted by Gasteiger charge is -2.45. The second-order valence-electron chi connectivity index (χ2n) is 10.8. The van der Waals surface area contributed by atoms with E-state index < -0.39 is 42.3 Å². The minimum Gasteiger partial charge on any atom is -0.454 e. The quantitative estimate of drug-likeness (QED) is 0.290. The van der Waals surface area contributed by atoms with E-state index in [2.05, 4.69) is 21.2 Å². The van der Waals surface area contributed by atoms with Crippen LogP contribution in [0.3, 0.4) is 0 Å². The molecule has 7 rings (SSSR count). The van der Waals surface area contributed by atoms with Crippen LogP contribution < -0.4 is 5.32 Å². The van der Waals surface area contributed by atoms with Gasteiger partial charge in [-0.05, 0) is 62.3 Å². The third kappa shape index (κ3) is 4.16. The van der Waals surface area contributed by atoms with Crippen molar-refractivity contribution in [2.24, 2.45) is 17.8 Å². The van der Waals surface area contributed by atoms with E-state index in [1.807, 2.05) is 48.5 Å². The zero-order valence-electron chi connectivity index (χ0n) is 21.8. The van der Waals surface area contributed by atoms with E-state index in [9.17, 15) is 19.2 Å². The molecule has 3 aromatic rings. The van der Waals surface area contributed by atoms with Crippen molar-refractivity contribution in [3.63, 3.8) is 0 Å². The van der Waals surface area contributed by atoms with Crippen LogP contribution in [-0.4, -0.2) is 41.2 Å². The Balaban J connectivity index is 1.25. The Morgan fingerprint density at radius 2 is 1.40 bits per heavy atom. The fraction of sp³-hybridized carbons (Fsp3) is 0.290. The summed E-state index contributed by atoms with van der Waals surface area (Å²) in [6.07, 6.45) is 0. The number of ether oxygens (including phenoxy) is 1. The van der Waals surface area contributed by atoms with Crippen molar-refractivity contribution >= 4 is 56.9 Å². The normalized spacial score (nSPS) is 23.0. The highest BCUT2D eigenvalue weighted by molar-refractivity contribution is 9.10. The highest BCUT2D eigenvalue weighted by atomic mass is 79.9. The van der Waals surface area contributed by atoms with E-state index >= 15 is 0 Å². The Labute approximate surface area is 245 Å². The standard InChI is InChI=1S/C31H26BrClN2O5/c1-15(2)28(31(39)40-14-23(36)34-16-11-12-21(32)22(33)13-16)35-29(37)26-24-17-7-3-4-8-18(17)25(27(26)30(35)38)20-10-6-5-9-19(20)24/h3-13,15,24-28H,14H2,1-2H3,(H,34,36)/t24?,25?,26-,27+,28-/m0/s1. The summed E-state index contributed by atoms with van der Waals surface area (Å²) in [6.45, 7) is 2.95. The van der Waals surface area contributed by atoms with Gasteiger partial charge in [-0.3, -0.25) is 19.3 Å². The largest absolute Gasteiger partial charge is 0.454 e. The Morgan fingerprint density at radius 3 is 1.85 bits per heavy atom. The van der Waals surface area contributed by atoms with Crippen LogP contribution in [0.25, 0.3) is 0 Å². The van der Waals surface area contributed by atoms with E-state index in [1.54, 1.807) is 32.0 Å². The first-order chi connectivity index (χ1) is 19.2. The van der Waals surface area contributed by atoms with E-state index in [0.29, 0.717) is 15.2 Å². The predicted molar refractivity (Wildman–Crippen MR) is 153 cm³/mol. The highest BCUT2D eigenvalue weighted by Crippen LogP contribution is 2.61. The molecule has 3 amide bonds. The van der Waals surface area contributed by atoms with Crippen LogP contribution in [0, 0.1) is 17.8 Å². The lowest BCUT2D eigenvalue weighted by atomic mass is 9.55. The number of nitrogens with zero attached hydrogens (tertiary/aromatic N) is 1. The molecule has 3 aliphatic carbocycles.